The summed E-state index contributed by atoms with van der Waals surface area (Å²) in [5, 5.41) is 14.5. The first kappa shape index (κ1) is 17.6. The molecule has 24 heavy (non-hydrogen) atoms. The van der Waals surface area contributed by atoms with E-state index in [1.165, 1.54) is 0 Å². The quantitative estimate of drug-likeness (QED) is 0.585. The van der Waals surface area contributed by atoms with Crippen molar-refractivity contribution in [3.05, 3.63) is 35.9 Å². The number of aromatic nitrogens is 3. The van der Waals surface area contributed by atoms with Crippen LogP contribution in [0.15, 0.2) is 29.5 Å². The molecule has 0 saturated heterocycles. The van der Waals surface area contributed by atoms with Gasteiger partial charge in [-0.25, -0.2) is 0 Å². The Balaban J connectivity index is 1.92. The summed E-state index contributed by atoms with van der Waals surface area (Å²) in [6.45, 7) is 4.05. The van der Waals surface area contributed by atoms with E-state index in [1.54, 1.807) is 27.6 Å². The van der Waals surface area contributed by atoms with Crippen LogP contribution in [0.3, 0.4) is 0 Å². The van der Waals surface area contributed by atoms with Gasteiger partial charge >= 0.3 is 0 Å². The Bertz CT molecular complexity index is 683. The smallest absolute Gasteiger partial charge is 0.191 e. The highest BCUT2D eigenvalue weighted by atomic mass is 16.5. The first-order valence-electron chi connectivity index (χ1n) is 7.73. The standard InChI is InChI=1S/C16H24N6O2/c1-5-22-11-20-21-15(22)10-19-16(17-2)18-9-12-6-7-13(23-3)14(8-12)24-4/h6-8,11H,5,9-10H2,1-4H3,(H2,17,18,19). The number of aliphatic imine (C=N–C) groups is 1. The summed E-state index contributed by atoms with van der Waals surface area (Å²) in [6, 6.07) is 5.80. The van der Waals surface area contributed by atoms with Gasteiger partial charge in [0.1, 0.15) is 6.33 Å². The zero-order chi connectivity index (χ0) is 17.4. The van der Waals surface area contributed by atoms with Gasteiger partial charge in [0.05, 0.1) is 20.8 Å². The van der Waals surface area contributed by atoms with Crippen molar-refractivity contribution < 1.29 is 9.47 Å². The molecule has 0 spiro atoms. The van der Waals surface area contributed by atoms with E-state index >= 15 is 0 Å². The normalized spacial score (nSPS) is 11.2. The lowest BCUT2D eigenvalue weighted by Gasteiger charge is -2.13. The lowest BCUT2D eigenvalue weighted by molar-refractivity contribution is 0.354. The topological polar surface area (TPSA) is 85.6 Å². The molecule has 2 rings (SSSR count). The van der Waals surface area contributed by atoms with Crippen molar-refractivity contribution in [1.82, 2.24) is 25.4 Å². The van der Waals surface area contributed by atoms with Gasteiger partial charge in [0.2, 0.25) is 0 Å². The fourth-order valence-electron chi connectivity index (χ4n) is 2.24. The van der Waals surface area contributed by atoms with Gasteiger partial charge in [-0.05, 0) is 24.6 Å². The average molecular weight is 332 g/mol. The van der Waals surface area contributed by atoms with Crippen molar-refractivity contribution in [2.75, 3.05) is 21.3 Å². The summed E-state index contributed by atoms with van der Waals surface area (Å²) in [5.41, 5.74) is 1.06. The molecule has 0 saturated carbocycles. The summed E-state index contributed by atoms with van der Waals surface area (Å²) >= 11 is 0. The number of benzene rings is 1. The number of hydrogen-bond donors (Lipinski definition) is 2. The van der Waals surface area contributed by atoms with E-state index in [0.29, 0.717) is 30.5 Å². The summed E-state index contributed by atoms with van der Waals surface area (Å²) in [4.78, 5) is 4.22. The molecule has 0 aliphatic heterocycles. The summed E-state index contributed by atoms with van der Waals surface area (Å²) in [5.74, 6) is 2.97. The Kier molecular flexibility index (Phi) is 6.41. The minimum atomic E-state index is 0.555. The van der Waals surface area contributed by atoms with Gasteiger partial charge in [0.15, 0.2) is 23.3 Å². The SMILES string of the molecule is CCn1cnnc1CNC(=NC)NCc1ccc(OC)c(OC)c1. The van der Waals surface area contributed by atoms with Gasteiger partial charge in [-0.15, -0.1) is 10.2 Å². The van der Waals surface area contributed by atoms with Crippen LogP contribution in [0.4, 0.5) is 0 Å². The van der Waals surface area contributed by atoms with Gasteiger partial charge < -0.3 is 24.7 Å². The number of aryl methyl sites for hydroxylation is 1. The number of hydrogen-bond acceptors (Lipinski definition) is 5. The lowest BCUT2D eigenvalue weighted by atomic mass is 10.2. The van der Waals surface area contributed by atoms with E-state index in [9.17, 15) is 0 Å². The van der Waals surface area contributed by atoms with E-state index in [-0.39, 0.29) is 0 Å². The van der Waals surface area contributed by atoms with Crippen LogP contribution in [0.5, 0.6) is 11.5 Å². The fraction of sp³-hybridized carbons (Fsp3) is 0.438. The zero-order valence-electron chi connectivity index (χ0n) is 14.5. The van der Waals surface area contributed by atoms with Crippen molar-refractivity contribution in [2.45, 2.75) is 26.6 Å². The molecule has 8 nitrogen and oxygen atoms in total. The number of nitrogens with zero attached hydrogens (tertiary/aromatic N) is 4. The van der Waals surface area contributed by atoms with E-state index < -0.39 is 0 Å². The Morgan fingerprint density at radius 3 is 2.58 bits per heavy atom. The third-order valence-corrected chi connectivity index (χ3v) is 3.58. The Morgan fingerprint density at radius 1 is 1.17 bits per heavy atom. The Labute approximate surface area is 141 Å². The number of guanidine groups is 1. The first-order chi connectivity index (χ1) is 11.7. The van der Waals surface area contributed by atoms with Gasteiger partial charge in [-0.3, -0.25) is 4.99 Å². The predicted molar refractivity (Wildman–Crippen MR) is 92.3 cm³/mol. The second kappa shape index (κ2) is 8.76. The molecule has 2 aromatic rings. The van der Waals surface area contributed by atoms with Crippen LogP contribution in [0.25, 0.3) is 0 Å². The van der Waals surface area contributed by atoms with Crippen LogP contribution in [0.2, 0.25) is 0 Å². The molecule has 0 fully saturated rings. The molecule has 1 aromatic heterocycles. The maximum Gasteiger partial charge on any atom is 0.191 e. The van der Waals surface area contributed by atoms with E-state index in [0.717, 1.165) is 17.9 Å². The minimum absolute atomic E-state index is 0.555. The number of rotatable bonds is 7. The van der Waals surface area contributed by atoms with E-state index in [2.05, 4.69) is 32.7 Å². The Hall–Kier alpha value is -2.77. The molecule has 2 N–H and O–H groups in total. The summed E-state index contributed by atoms with van der Waals surface area (Å²) < 4.78 is 12.5. The Morgan fingerprint density at radius 2 is 1.92 bits per heavy atom. The molecule has 1 aromatic carbocycles. The van der Waals surface area contributed by atoms with Crippen LogP contribution in [-0.4, -0.2) is 42.0 Å². The first-order valence-corrected chi connectivity index (χ1v) is 7.73. The molecule has 0 bridgehead atoms. The predicted octanol–water partition coefficient (Wildman–Crippen LogP) is 1.18. The van der Waals surface area contributed by atoms with Crippen molar-refractivity contribution in [3.8, 4) is 11.5 Å². The van der Waals surface area contributed by atoms with Crippen LogP contribution in [-0.2, 0) is 19.6 Å². The van der Waals surface area contributed by atoms with Gasteiger partial charge in [-0.1, -0.05) is 6.07 Å². The molecule has 130 valence electrons. The highest BCUT2D eigenvalue weighted by molar-refractivity contribution is 5.79. The molecule has 0 amide bonds. The maximum atomic E-state index is 5.32. The van der Waals surface area contributed by atoms with Crippen LogP contribution < -0.4 is 20.1 Å². The highest BCUT2D eigenvalue weighted by Crippen LogP contribution is 2.27. The minimum Gasteiger partial charge on any atom is -0.493 e. The van der Waals surface area contributed by atoms with Crippen LogP contribution in [0, 0.1) is 0 Å². The van der Waals surface area contributed by atoms with E-state index in [1.807, 2.05) is 22.8 Å². The second-order valence-corrected chi connectivity index (χ2v) is 5.00. The van der Waals surface area contributed by atoms with Gasteiger partial charge in [0, 0.05) is 20.1 Å². The summed E-state index contributed by atoms with van der Waals surface area (Å²) in [7, 11) is 4.98. The van der Waals surface area contributed by atoms with Crippen molar-refractivity contribution in [3.63, 3.8) is 0 Å². The van der Waals surface area contributed by atoms with Crippen molar-refractivity contribution >= 4 is 5.96 Å². The third-order valence-electron chi connectivity index (χ3n) is 3.58. The number of ether oxygens (including phenoxy) is 2. The molecule has 0 atom stereocenters. The number of nitrogens with one attached hydrogen (secondary N) is 2. The molecule has 0 aliphatic carbocycles. The average Bonchev–Trinajstić information content (AvgIpc) is 3.09. The van der Waals surface area contributed by atoms with Gasteiger partial charge in [-0.2, -0.15) is 0 Å². The highest BCUT2D eigenvalue weighted by Gasteiger charge is 2.07. The van der Waals surface area contributed by atoms with Gasteiger partial charge in [0.25, 0.3) is 0 Å². The molecule has 8 heteroatoms. The van der Waals surface area contributed by atoms with Crippen molar-refractivity contribution in [2.24, 2.45) is 4.99 Å². The van der Waals surface area contributed by atoms with Crippen LogP contribution in [0.1, 0.15) is 18.3 Å². The number of methoxy groups -OCH3 is 2. The largest absolute Gasteiger partial charge is 0.493 e. The molecular weight excluding hydrogens is 308 g/mol. The molecule has 0 unspecified atom stereocenters. The lowest BCUT2D eigenvalue weighted by Crippen LogP contribution is -2.37. The molecule has 0 aliphatic rings. The summed E-state index contributed by atoms with van der Waals surface area (Å²) in [6.07, 6.45) is 1.72. The second-order valence-electron chi connectivity index (χ2n) is 5.00. The monoisotopic (exact) mass is 332 g/mol. The third kappa shape index (κ3) is 4.37. The molecule has 1 heterocycles. The maximum absolute atomic E-state index is 5.32. The molecule has 0 radical (unpaired) electrons. The van der Waals surface area contributed by atoms with E-state index in [4.69, 9.17) is 9.47 Å². The molecular formula is C16H24N6O2. The van der Waals surface area contributed by atoms with Crippen LogP contribution >= 0.6 is 0 Å². The fourth-order valence-corrected chi connectivity index (χ4v) is 2.24. The zero-order valence-corrected chi connectivity index (χ0v) is 14.5. The van der Waals surface area contributed by atoms with Crippen molar-refractivity contribution in [1.29, 1.82) is 0 Å².